The van der Waals surface area contributed by atoms with Gasteiger partial charge in [-0.3, -0.25) is 9.59 Å². The van der Waals surface area contributed by atoms with Crippen LogP contribution in [0.4, 0.5) is 0 Å². The molecule has 2 aromatic heterocycles. The Labute approximate surface area is 177 Å². The summed E-state index contributed by atoms with van der Waals surface area (Å²) in [5.74, 6) is -0.273. The molecule has 0 saturated heterocycles. The highest BCUT2D eigenvalue weighted by molar-refractivity contribution is 9.09. The van der Waals surface area contributed by atoms with Crippen molar-refractivity contribution < 1.29 is 13.2 Å². The van der Waals surface area contributed by atoms with Crippen LogP contribution >= 0.6 is 15.9 Å². The van der Waals surface area contributed by atoms with E-state index in [1.165, 1.54) is 6.20 Å². The SMILES string of the molecule is Cc1cc(C)c(S(=O)(=O)n2cc(C(=O)CBr)c3ccn(C4CC4)c(=O)c32)c(C)c1. The molecule has 2 heterocycles. The van der Waals surface area contributed by atoms with Crippen molar-refractivity contribution in [2.75, 3.05) is 5.33 Å². The third-order valence-corrected chi connectivity index (χ3v) is 7.81. The van der Waals surface area contributed by atoms with Crippen molar-refractivity contribution in [2.24, 2.45) is 0 Å². The van der Waals surface area contributed by atoms with Gasteiger partial charge in [0.05, 0.1) is 10.2 Å². The second kappa shape index (κ2) is 6.95. The van der Waals surface area contributed by atoms with E-state index in [9.17, 15) is 18.0 Å². The van der Waals surface area contributed by atoms with Crippen LogP contribution in [0.15, 0.2) is 40.3 Å². The molecule has 0 unspecified atom stereocenters. The van der Waals surface area contributed by atoms with Crippen LogP contribution in [0.3, 0.4) is 0 Å². The minimum absolute atomic E-state index is 0.0306. The second-order valence-corrected chi connectivity index (χ2v) is 9.96. The molecule has 3 aromatic rings. The molecule has 1 fully saturated rings. The van der Waals surface area contributed by atoms with Crippen LogP contribution in [0.25, 0.3) is 10.9 Å². The van der Waals surface area contributed by atoms with Gasteiger partial charge >= 0.3 is 0 Å². The molecule has 1 aliphatic carbocycles. The number of aromatic nitrogens is 2. The van der Waals surface area contributed by atoms with Crippen molar-refractivity contribution in [3.8, 4) is 0 Å². The van der Waals surface area contributed by atoms with Gasteiger partial charge in [-0.25, -0.2) is 12.4 Å². The predicted molar refractivity (Wildman–Crippen MR) is 116 cm³/mol. The predicted octanol–water partition coefficient (Wildman–Crippen LogP) is 3.88. The summed E-state index contributed by atoms with van der Waals surface area (Å²) in [5.41, 5.74) is 2.05. The monoisotopic (exact) mass is 476 g/mol. The zero-order chi connectivity index (χ0) is 21.1. The van der Waals surface area contributed by atoms with Crippen LogP contribution in [-0.2, 0) is 10.0 Å². The zero-order valence-electron chi connectivity index (χ0n) is 16.4. The molecule has 8 heteroatoms. The van der Waals surface area contributed by atoms with Gasteiger partial charge in [0.1, 0.15) is 5.52 Å². The van der Waals surface area contributed by atoms with E-state index in [4.69, 9.17) is 0 Å². The lowest BCUT2D eigenvalue weighted by molar-refractivity contribution is 0.102. The molecule has 0 N–H and O–H groups in total. The van der Waals surface area contributed by atoms with Crippen LogP contribution in [0.1, 0.15) is 45.9 Å². The van der Waals surface area contributed by atoms with E-state index in [0.717, 1.165) is 22.4 Å². The third kappa shape index (κ3) is 3.18. The molecule has 152 valence electrons. The molecule has 0 amide bonds. The molecule has 29 heavy (non-hydrogen) atoms. The Bertz CT molecular complexity index is 1310. The first-order chi connectivity index (χ1) is 13.7. The molecule has 0 atom stereocenters. The number of aryl methyl sites for hydroxylation is 3. The zero-order valence-corrected chi connectivity index (χ0v) is 18.8. The van der Waals surface area contributed by atoms with Gasteiger partial charge in [-0.2, -0.15) is 0 Å². The molecule has 1 aliphatic rings. The summed E-state index contributed by atoms with van der Waals surface area (Å²) in [5, 5.41) is 0.405. The number of fused-ring (bicyclic) bond motifs is 1. The minimum atomic E-state index is -4.07. The summed E-state index contributed by atoms with van der Waals surface area (Å²) in [4.78, 5) is 25.8. The van der Waals surface area contributed by atoms with Crippen LogP contribution in [0, 0.1) is 20.8 Å². The van der Waals surface area contributed by atoms with Crippen molar-refractivity contribution in [2.45, 2.75) is 44.6 Å². The van der Waals surface area contributed by atoms with E-state index in [0.29, 0.717) is 16.5 Å². The standard InChI is InChI=1S/C21H21BrN2O4S/c1-12-8-13(2)20(14(3)9-12)29(27,28)24-11-17(18(25)10-22)16-6-7-23(15-4-5-15)21(26)19(16)24/h6-9,11,15H,4-5,10H2,1-3H3. The van der Waals surface area contributed by atoms with Crippen LogP contribution in [0.5, 0.6) is 0 Å². The van der Waals surface area contributed by atoms with Crippen LogP contribution in [-0.4, -0.2) is 28.1 Å². The number of benzene rings is 1. The van der Waals surface area contributed by atoms with E-state index in [1.54, 1.807) is 42.8 Å². The molecular formula is C21H21BrN2O4S. The Morgan fingerprint density at radius 1 is 1.17 bits per heavy atom. The van der Waals surface area contributed by atoms with Crippen LogP contribution in [0.2, 0.25) is 0 Å². The van der Waals surface area contributed by atoms with Crippen molar-refractivity contribution in [1.29, 1.82) is 0 Å². The Kier molecular flexibility index (Phi) is 4.82. The summed E-state index contributed by atoms with van der Waals surface area (Å²) >= 11 is 3.15. The maximum absolute atomic E-state index is 13.7. The average Bonchev–Trinajstić information content (AvgIpc) is 3.39. The van der Waals surface area contributed by atoms with Gasteiger partial charge in [-0.05, 0) is 50.8 Å². The third-order valence-electron chi connectivity index (χ3n) is 5.33. The van der Waals surface area contributed by atoms with Gasteiger partial charge in [0.15, 0.2) is 5.78 Å². The number of pyridine rings is 1. The summed E-state index contributed by atoms with van der Waals surface area (Å²) in [6, 6.07) is 5.37. The van der Waals surface area contributed by atoms with E-state index in [2.05, 4.69) is 15.9 Å². The summed E-state index contributed by atoms with van der Waals surface area (Å²) < 4.78 is 29.9. The molecule has 4 rings (SSSR count). The van der Waals surface area contributed by atoms with Crippen molar-refractivity contribution in [3.63, 3.8) is 0 Å². The summed E-state index contributed by atoms with van der Waals surface area (Å²) in [6.45, 7) is 5.39. The van der Waals surface area contributed by atoms with E-state index in [-0.39, 0.29) is 38.7 Å². The Morgan fingerprint density at radius 2 is 1.79 bits per heavy atom. The van der Waals surface area contributed by atoms with Gasteiger partial charge in [-0.15, -0.1) is 0 Å². The van der Waals surface area contributed by atoms with Gasteiger partial charge in [0.25, 0.3) is 15.6 Å². The lowest BCUT2D eigenvalue weighted by Crippen LogP contribution is -2.24. The van der Waals surface area contributed by atoms with Crippen molar-refractivity contribution in [3.05, 3.63) is 63.2 Å². The minimum Gasteiger partial charge on any atom is -0.311 e. The highest BCUT2D eigenvalue weighted by atomic mass is 79.9. The number of halogens is 1. The number of Topliss-reactive ketones (excluding diaryl/α,β-unsaturated/α-hetero) is 1. The van der Waals surface area contributed by atoms with E-state index in [1.807, 2.05) is 6.92 Å². The molecule has 0 spiro atoms. The lowest BCUT2D eigenvalue weighted by Gasteiger charge is -2.14. The van der Waals surface area contributed by atoms with Crippen LogP contribution < -0.4 is 5.56 Å². The first-order valence-corrected chi connectivity index (χ1v) is 11.9. The second-order valence-electron chi connectivity index (χ2n) is 7.65. The van der Waals surface area contributed by atoms with Gasteiger partial charge in [-0.1, -0.05) is 33.6 Å². The fourth-order valence-corrected chi connectivity index (χ4v) is 6.11. The normalized spacial score (nSPS) is 14.5. The quantitative estimate of drug-likeness (QED) is 0.413. The first-order valence-electron chi connectivity index (χ1n) is 9.35. The summed E-state index contributed by atoms with van der Waals surface area (Å²) in [6.07, 6.45) is 4.73. The average molecular weight is 477 g/mol. The van der Waals surface area contributed by atoms with Gasteiger partial charge in [0.2, 0.25) is 0 Å². The maximum Gasteiger partial charge on any atom is 0.276 e. The molecule has 0 bridgehead atoms. The number of carbonyl (C=O) groups is 1. The number of carbonyl (C=O) groups excluding carboxylic acids is 1. The molecular weight excluding hydrogens is 456 g/mol. The fourth-order valence-electron chi connectivity index (χ4n) is 4.02. The van der Waals surface area contributed by atoms with Gasteiger partial charge in [0, 0.05) is 29.4 Å². The number of ketones is 1. The maximum atomic E-state index is 13.7. The van der Waals surface area contributed by atoms with Crippen molar-refractivity contribution >= 4 is 42.6 Å². The fraction of sp³-hybridized carbons (Fsp3) is 0.333. The first kappa shape index (κ1) is 20.1. The Morgan fingerprint density at radius 3 is 2.34 bits per heavy atom. The highest BCUT2D eigenvalue weighted by Crippen LogP contribution is 2.35. The van der Waals surface area contributed by atoms with Gasteiger partial charge < -0.3 is 4.57 Å². The lowest BCUT2D eigenvalue weighted by atomic mass is 10.1. The van der Waals surface area contributed by atoms with E-state index < -0.39 is 10.0 Å². The van der Waals surface area contributed by atoms with E-state index >= 15 is 0 Å². The smallest absolute Gasteiger partial charge is 0.276 e. The number of hydrogen-bond acceptors (Lipinski definition) is 4. The number of nitrogens with zero attached hydrogens (tertiary/aromatic N) is 2. The number of rotatable bonds is 5. The Hall–Kier alpha value is -2.19. The largest absolute Gasteiger partial charge is 0.311 e. The topological polar surface area (TPSA) is 78.1 Å². The van der Waals surface area contributed by atoms with Crippen molar-refractivity contribution in [1.82, 2.24) is 8.54 Å². The molecule has 1 saturated carbocycles. The number of alkyl halides is 1. The highest BCUT2D eigenvalue weighted by Gasteiger charge is 2.31. The molecule has 1 aromatic carbocycles. The molecule has 0 aliphatic heterocycles. The number of hydrogen-bond donors (Lipinski definition) is 0. The molecule has 6 nitrogen and oxygen atoms in total. The summed E-state index contributed by atoms with van der Waals surface area (Å²) in [7, 11) is -4.07. The molecule has 0 radical (unpaired) electrons. The Balaban J connectivity index is 2.09.